The number of nitrogens with zero attached hydrogens (tertiary/aromatic N) is 9. The summed E-state index contributed by atoms with van der Waals surface area (Å²) in [5.74, 6) is 1.22. The van der Waals surface area contributed by atoms with Gasteiger partial charge in [-0.1, -0.05) is 25.1 Å². The largest absolute Gasteiger partial charge is 0.379 e. The fraction of sp³-hybridized carbons (Fsp3) is 0.600. The molecule has 8 aliphatic rings. The fourth-order valence-electron chi connectivity index (χ4n) is 13.1. The number of fused-ring (bicyclic) bond motifs is 3. The Hall–Kier alpha value is -5.94. The molecule has 380 valence electrons. The summed E-state index contributed by atoms with van der Waals surface area (Å²) < 4.78 is 7.86. The number of amides is 5. The van der Waals surface area contributed by atoms with E-state index in [1.165, 1.54) is 0 Å². The van der Waals surface area contributed by atoms with Gasteiger partial charge in [0.2, 0.25) is 29.5 Å². The highest BCUT2D eigenvalue weighted by molar-refractivity contribution is 6.09. The van der Waals surface area contributed by atoms with Gasteiger partial charge in [-0.05, 0) is 114 Å². The summed E-state index contributed by atoms with van der Waals surface area (Å²) in [7, 11) is 0. The smallest absolute Gasteiger partial charge is 0.238 e. The van der Waals surface area contributed by atoms with E-state index in [1.54, 1.807) is 6.20 Å². The third-order valence-corrected chi connectivity index (χ3v) is 17.9. The molecule has 1 aromatic carbocycles. The summed E-state index contributed by atoms with van der Waals surface area (Å²) in [6.45, 7) is 13.3. The van der Waals surface area contributed by atoms with Crippen molar-refractivity contribution in [1.29, 1.82) is 0 Å². The number of imidazole rings is 1. The predicted octanol–water partition coefficient (Wildman–Crippen LogP) is 5.78. The Morgan fingerprint density at radius 2 is 1.56 bits per heavy atom. The molecule has 12 rings (SSSR count). The number of likely N-dealkylation sites (tertiary alicyclic amines) is 2. The van der Waals surface area contributed by atoms with E-state index in [9.17, 15) is 19.2 Å². The minimum atomic E-state index is -0.706. The van der Waals surface area contributed by atoms with Gasteiger partial charge in [-0.25, -0.2) is 15.0 Å². The maximum absolute atomic E-state index is 15.3. The van der Waals surface area contributed by atoms with Crippen molar-refractivity contribution in [3.8, 4) is 11.3 Å². The van der Waals surface area contributed by atoms with E-state index in [0.29, 0.717) is 89.9 Å². The average Bonchev–Trinajstić information content (AvgIpc) is 4.05. The number of carbonyl (C=O) groups excluding carboxylic acids is 5. The molecule has 1 spiro atoms. The zero-order valence-electron chi connectivity index (χ0n) is 42.1. The zero-order chi connectivity index (χ0) is 49.5. The molecule has 2 saturated carbocycles. The van der Waals surface area contributed by atoms with Gasteiger partial charge in [0.1, 0.15) is 11.3 Å². The molecule has 4 aromatic rings. The van der Waals surface area contributed by atoms with E-state index in [4.69, 9.17) is 14.7 Å². The van der Waals surface area contributed by atoms with E-state index >= 15 is 4.79 Å². The third kappa shape index (κ3) is 8.41. The first-order chi connectivity index (χ1) is 34.9. The Kier molecular flexibility index (Phi) is 12.1. The maximum atomic E-state index is 15.3. The molecule has 6 aliphatic heterocycles. The Labute approximate surface area is 421 Å². The van der Waals surface area contributed by atoms with Gasteiger partial charge in [0.05, 0.1) is 42.1 Å². The number of hydrogen-bond acceptors (Lipinski definition) is 12. The molecule has 0 radical (unpaired) electrons. The Balaban J connectivity index is 0.705. The van der Waals surface area contributed by atoms with Crippen LogP contribution in [0.4, 0.5) is 17.3 Å². The summed E-state index contributed by atoms with van der Waals surface area (Å²) in [5.41, 5.74) is 5.32. The standard InChI is InChI=1S/C55H69N11O6/c1-34(2)65-33-57-44-31-43(59-49(48(44)65)58-38-6-7-38)36-4-9-42-45(28-36)66(40-29-39(30-40)61-24-26-72-27-25-61)53(71)55(42)16-22-64(23-17-55)52(70)54(3)14-20-63(21-15-54)51(69)35-12-18-62(19-13-35)46-10-5-37(32-56-46)41-8-11-47(67)60-50(41)68/h4-5,9-10,28,31-35,38-41H,6-8,11-27,29-30H2,1-3H3,(H,58,59)(H,60,67,68). The number of aromatic nitrogens is 4. The molecule has 2 aliphatic carbocycles. The monoisotopic (exact) mass is 980 g/mol. The van der Waals surface area contributed by atoms with Crippen LogP contribution in [0.1, 0.15) is 121 Å². The van der Waals surface area contributed by atoms with Crippen molar-refractivity contribution >= 4 is 57.9 Å². The summed E-state index contributed by atoms with van der Waals surface area (Å²) in [6.07, 6.45) is 12.4. The lowest BCUT2D eigenvalue weighted by atomic mass is 9.72. The van der Waals surface area contributed by atoms with Crippen LogP contribution in [-0.2, 0) is 34.1 Å². The fourth-order valence-corrected chi connectivity index (χ4v) is 13.1. The van der Waals surface area contributed by atoms with Crippen LogP contribution in [0.5, 0.6) is 0 Å². The number of morpholine rings is 1. The minimum Gasteiger partial charge on any atom is -0.379 e. The van der Waals surface area contributed by atoms with Crippen molar-refractivity contribution < 1.29 is 28.7 Å². The normalized spacial score (nSPS) is 25.8. The molecule has 1 atom stereocenters. The van der Waals surface area contributed by atoms with Gasteiger partial charge in [0, 0.05) is 112 Å². The number of nitrogens with one attached hydrogen (secondary N) is 2. The van der Waals surface area contributed by atoms with Gasteiger partial charge < -0.3 is 34.2 Å². The second kappa shape index (κ2) is 18.5. The van der Waals surface area contributed by atoms with Gasteiger partial charge in [0.15, 0.2) is 5.82 Å². The van der Waals surface area contributed by atoms with Crippen LogP contribution in [0.3, 0.4) is 0 Å². The van der Waals surface area contributed by atoms with Crippen LogP contribution in [0.25, 0.3) is 22.3 Å². The first-order valence-electron chi connectivity index (χ1n) is 26.9. The lowest BCUT2D eigenvalue weighted by Crippen LogP contribution is -2.59. The molecule has 7 fully saturated rings. The number of carbonyl (C=O) groups is 5. The van der Waals surface area contributed by atoms with Crippen LogP contribution in [0.15, 0.2) is 48.9 Å². The predicted molar refractivity (Wildman–Crippen MR) is 272 cm³/mol. The lowest BCUT2D eigenvalue weighted by Gasteiger charge is -2.48. The van der Waals surface area contributed by atoms with Crippen LogP contribution in [0, 0.1) is 11.3 Å². The second-order valence-electron chi connectivity index (χ2n) is 22.7. The van der Waals surface area contributed by atoms with Crippen molar-refractivity contribution in [3.63, 3.8) is 0 Å². The van der Waals surface area contributed by atoms with Crippen molar-refractivity contribution in [2.45, 2.75) is 133 Å². The first kappa shape index (κ1) is 47.1. The number of imide groups is 1. The maximum Gasteiger partial charge on any atom is 0.238 e. The number of anilines is 3. The van der Waals surface area contributed by atoms with Crippen LogP contribution < -0.4 is 20.4 Å². The molecule has 5 amide bonds. The van der Waals surface area contributed by atoms with E-state index in [0.717, 1.165) is 116 Å². The van der Waals surface area contributed by atoms with Crippen LogP contribution in [-0.4, -0.2) is 147 Å². The second-order valence-corrected chi connectivity index (χ2v) is 22.7. The van der Waals surface area contributed by atoms with Crippen molar-refractivity contribution in [2.75, 3.05) is 80.7 Å². The third-order valence-electron chi connectivity index (χ3n) is 17.9. The van der Waals surface area contributed by atoms with E-state index in [2.05, 4.69) is 79.9 Å². The van der Waals surface area contributed by atoms with Crippen molar-refractivity contribution in [2.24, 2.45) is 11.3 Å². The topological polar surface area (TPSA) is 178 Å². The molecule has 2 N–H and O–H groups in total. The highest BCUT2D eigenvalue weighted by atomic mass is 16.5. The quantitative estimate of drug-likeness (QED) is 0.183. The molecule has 72 heavy (non-hydrogen) atoms. The molecular formula is C55H69N11O6. The Morgan fingerprint density at radius 3 is 2.24 bits per heavy atom. The lowest BCUT2D eigenvalue weighted by molar-refractivity contribution is -0.150. The number of hydrogen-bond donors (Lipinski definition) is 2. The zero-order valence-corrected chi connectivity index (χ0v) is 42.1. The van der Waals surface area contributed by atoms with Gasteiger partial charge in [0.25, 0.3) is 0 Å². The van der Waals surface area contributed by atoms with Gasteiger partial charge >= 0.3 is 0 Å². The summed E-state index contributed by atoms with van der Waals surface area (Å²) in [6, 6.07) is 13.7. The molecule has 0 bridgehead atoms. The molecule has 3 aromatic heterocycles. The Bertz CT molecular complexity index is 2770. The number of pyridine rings is 2. The van der Waals surface area contributed by atoms with Gasteiger partial charge in [-0.15, -0.1) is 0 Å². The highest BCUT2D eigenvalue weighted by Crippen LogP contribution is 2.53. The SMILES string of the molecule is CC(C)n1cnc2cc(-c3ccc4c(c3)N(C3CC(N5CCOCC5)C3)C(=O)C43CCN(C(=O)C4(C)CCN(C(=O)C5CCN(c6ccc(C7CCC(=O)NC7=O)cn6)CC5)CC4)CC3)nc(NC3CC3)c21. The van der Waals surface area contributed by atoms with E-state index < -0.39 is 10.8 Å². The van der Waals surface area contributed by atoms with E-state index in [-0.39, 0.29) is 53.5 Å². The molecular weight excluding hydrogens is 911 g/mol. The summed E-state index contributed by atoms with van der Waals surface area (Å²) in [4.78, 5) is 93.4. The van der Waals surface area contributed by atoms with Gasteiger partial charge in [-0.2, -0.15) is 0 Å². The number of piperidine rings is 4. The summed E-state index contributed by atoms with van der Waals surface area (Å²) >= 11 is 0. The molecule has 17 heteroatoms. The average molecular weight is 980 g/mol. The first-order valence-corrected chi connectivity index (χ1v) is 26.9. The highest BCUT2D eigenvalue weighted by Gasteiger charge is 2.57. The van der Waals surface area contributed by atoms with Crippen LogP contribution >= 0.6 is 0 Å². The molecule has 17 nitrogen and oxygen atoms in total. The molecule has 5 saturated heterocycles. The minimum absolute atomic E-state index is 0.0775. The summed E-state index contributed by atoms with van der Waals surface area (Å²) in [5, 5.41) is 6.12. The number of rotatable bonds is 10. The van der Waals surface area contributed by atoms with Crippen molar-refractivity contribution in [1.82, 2.24) is 39.5 Å². The van der Waals surface area contributed by atoms with Crippen LogP contribution in [0.2, 0.25) is 0 Å². The van der Waals surface area contributed by atoms with Crippen molar-refractivity contribution in [3.05, 3.63) is 60.0 Å². The van der Waals surface area contributed by atoms with Gasteiger partial charge in [-0.3, -0.25) is 34.2 Å². The number of ether oxygens (including phenoxy) is 1. The van der Waals surface area contributed by atoms with E-state index in [1.807, 2.05) is 28.3 Å². The molecule has 1 unspecified atom stereocenters. The number of benzene rings is 1. The molecule has 9 heterocycles. The Morgan fingerprint density at radius 1 is 0.819 bits per heavy atom.